The van der Waals surface area contributed by atoms with Gasteiger partial charge in [-0.15, -0.1) is 0 Å². The number of nitrogens with one attached hydrogen (secondary N) is 1. The van der Waals surface area contributed by atoms with Crippen molar-refractivity contribution in [3.63, 3.8) is 0 Å². The Morgan fingerprint density at radius 2 is 1.88 bits per heavy atom. The summed E-state index contributed by atoms with van der Waals surface area (Å²) in [5.41, 5.74) is 2.24. The highest BCUT2D eigenvalue weighted by Crippen LogP contribution is 2.30. The molecule has 0 aliphatic rings. The van der Waals surface area contributed by atoms with E-state index in [0.717, 1.165) is 5.56 Å². The number of ether oxygens (including phenoxy) is 2. The normalized spacial score (nSPS) is 10.8. The predicted molar refractivity (Wildman–Crippen MR) is 124 cm³/mol. The molecule has 3 rings (SSSR count). The number of carbonyl (C=O) groups is 1. The number of hydrogen-bond acceptors (Lipinski definition) is 6. The van der Waals surface area contributed by atoms with Crippen LogP contribution in [0.2, 0.25) is 0 Å². The molecule has 0 spiro atoms. The molecule has 0 bridgehead atoms. The van der Waals surface area contributed by atoms with Crippen LogP contribution in [0.5, 0.6) is 11.5 Å². The molecule has 0 saturated carbocycles. The second-order valence-corrected chi connectivity index (χ2v) is 7.06. The molecule has 3 aromatic rings. The molecule has 0 unspecified atom stereocenters. The van der Waals surface area contributed by atoms with Gasteiger partial charge in [-0.2, -0.15) is 5.26 Å². The van der Waals surface area contributed by atoms with Gasteiger partial charge in [0, 0.05) is 17.8 Å². The summed E-state index contributed by atoms with van der Waals surface area (Å²) in [4.78, 5) is 23.0. The molecule has 0 aliphatic carbocycles. The molecule has 0 aromatic heterocycles. The lowest BCUT2D eigenvalue weighted by atomic mass is 10.1. The van der Waals surface area contributed by atoms with Crippen LogP contribution in [0.25, 0.3) is 6.08 Å². The van der Waals surface area contributed by atoms with E-state index in [0.29, 0.717) is 34.9 Å². The Kier molecular flexibility index (Phi) is 7.39. The number of non-ortho nitro benzene ring substituents is 1. The summed E-state index contributed by atoms with van der Waals surface area (Å²) in [7, 11) is 1.53. The lowest BCUT2D eigenvalue weighted by Crippen LogP contribution is -2.14. The third kappa shape index (κ3) is 5.95. The zero-order valence-electron chi connectivity index (χ0n) is 18.1. The van der Waals surface area contributed by atoms with Gasteiger partial charge in [-0.05, 0) is 47.9 Å². The number of nitro groups is 1. The molecule has 0 radical (unpaired) electrons. The highest BCUT2D eigenvalue weighted by atomic mass is 16.6. The van der Waals surface area contributed by atoms with Gasteiger partial charge in [-0.3, -0.25) is 14.9 Å². The van der Waals surface area contributed by atoms with Crippen molar-refractivity contribution in [2.75, 3.05) is 12.4 Å². The average Bonchev–Trinajstić information content (AvgIpc) is 2.83. The summed E-state index contributed by atoms with van der Waals surface area (Å²) >= 11 is 0. The fourth-order valence-electron chi connectivity index (χ4n) is 3.04. The van der Waals surface area contributed by atoms with Crippen molar-refractivity contribution in [1.29, 1.82) is 5.26 Å². The monoisotopic (exact) mass is 443 g/mol. The SMILES string of the molecule is COc1ccc(C=C(C#N)C(=O)Nc2ccc([N+](=O)[O-])cc2C)cc1OCc1ccccc1. The predicted octanol–water partition coefficient (Wildman–Crippen LogP) is 5.04. The minimum absolute atomic E-state index is 0.0807. The number of hydrogen-bond donors (Lipinski definition) is 1. The number of methoxy groups -OCH3 is 1. The molecule has 0 heterocycles. The smallest absolute Gasteiger partial charge is 0.269 e. The van der Waals surface area contributed by atoms with Crippen molar-refractivity contribution in [3.05, 3.63) is 99.1 Å². The van der Waals surface area contributed by atoms with Crippen molar-refractivity contribution in [2.24, 2.45) is 0 Å². The zero-order chi connectivity index (χ0) is 23.8. The van der Waals surface area contributed by atoms with E-state index in [2.05, 4.69) is 5.32 Å². The molecular weight excluding hydrogens is 422 g/mol. The Hall–Kier alpha value is -4.64. The number of nitriles is 1. The minimum atomic E-state index is -0.628. The summed E-state index contributed by atoms with van der Waals surface area (Å²) in [6.07, 6.45) is 1.44. The second kappa shape index (κ2) is 10.6. The van der Waals surface area contributed by atoms with Crippen LogP contribution in [0.3, 0.4) is 0 Å². The van der Waals surface area contributed by atoms with Gasteiger partial charge in [-0.1, -0.05) is 36.4 Å². The van der Waals surface area contributed by atoms with Crippen LogP contribution in [0.4, 0.5) is 11.4 Å². The molecule has 1 N–H and O–H groups in total. The molecule has 0 fully saturated rings. The number of benzene rings is 3. The Labute approximate surface area is 190 Å². The molecule has 0 aliphatic heterocycles. The highest BCUT2D eigenvalue weighted by Gasteiger charge is 2.14. The molecular formula is C25H21N3O5. The third-order valence-corrected chi connectivity index (χ3v) is 4.77. The quantitative estimate of drug-likeness (QED) is 0.226. The molecule has 8 heteroatoms. The number of anilines is 1. The third-order valence-electron chi connectivity index (χ3n) is 4.77. The van der Waals surface area contributed by atoms with Gasteiger partial charge in [0.25, 0.3) is 11.6 Å². The van der Waals surface area contributed by atoms with Crippen molar-refractivity contribution < 1.29 is 19.2 Å². The fourth-order valence-corrected chi connectivity index (χ4v) is 3.04. The average molecular weight is 443 g/mol. The van der Waals surface area contributed by atoms with E-state index < -0.39 is 10.8 Å². The summed E-state index contributed by atoms with van der Waals surface area (Å²) in [5, 5.41) is 23.0. The number of rotatable bonds is 8. The number of carbonyl (C=O) groups excluding carboxylic acids is 1. The Balaban J connectivity index is 1.80. The maximum Gasteiger partial charge on any atom is 0.269 e. The number of aryl methyl sites for hydroxylation is 1. The van der Waals surface area contributed by atoms with Crippen molar-refractivity contribution >= 4 is 23.4 Å². The number of nitrogens with zero attached hydrogens (tertiary/aromatic N) is 2. The molecule has 0 atom stereocenters. The first-order valence-corrected chi connectivity index (χ1v) is 9.94. The molecule has 1 amide bonds. The van der Waals surface area contributed by atoms with E-state index in [1.807, 2.05) is 36.4 Å². The lowest BCUT2D eigenvalue weighted by Gasteiger charge is -2.12. The van der Waals surface area contributed by atoms with Crippen LogP contribution < -0.4 is 14.8 Å². The maximum absolute atomic E-state index is 12.6. The van der Waals surface area contributed by atoms with Gasteiger partial charge >= 0.3 is 0 Å². The van der Waals surface area contributed by atoms with E-state index in [1.165, 1.54) is 31.4 Å². The van der Waals surface area contributed by atoms with Crippen molar-refractivity contribution in [3.8, 4) is 17.6 Å². The highest BCUT2D eigenvalue weighted by molar-refractivity contribution is 6.10. The van der Waals surface area contributed by atoms with E-state index in [-0.39, 0.29) is 11.3 Å². The van der Waals surface area contributed by atoms with Gasteiger partial charge in [0.15, 0.2) is 11.5 Å². The largest absolute Gasteiger partial charge is 0.493 e. The molecule has 8 nitrogen and oxygen atoms in total. The lowest BCUT2D eigenvalue weighted by molar-refractivity contribution is -0.384. The van der Waals surface area contributed by atoms with Crippen LogP contribution in [0.1, 0.15) is 16.7 Å². The Morgan fingerprint density at radius 3 is 2.52 bits per heavy atom. The van der Waals surface area contributed by atoms with Gasteiger partial charge in [0.2, 0.25) is 0 Å². The first-order valence-electron chi connectivity index (χ1n) is 9.94. The van der Waals surface area contributed by atoms with Gasteiger partial charge in [-0.25, -0.2) is 0 Å². The van der Waals surface area contributed by atoms with Crippen LogP contribution in [-0.2, 0) is 11.4 Å². The topological polar surface area (TPSA) is 114 Å². The zero-order valence-corrected chi connectivity index (χ0v) is 18.1. The Bertz CT molecular complexity index is 1250. The minimum Gasteiger partial charge on any atom is -0.493 e. The number of amides is 1. The Morgan fingerprint density at radius 1 is 1.12 bits per heavy atom. The summed E-state index contributed by atoms with van der Waals surface area (Å²) in [6, 6.07) is 20.7. The standard InChI is InChI=1S/C25H21N3O5/c1-17-12-21(28(30)31)9-10-22(17)27-25(29)20(15-26)13-19-8-11-23(32-2)24(14-19)33-16-18-6-4-3-5-7-18/h3-14H,16H2,1-2H3,(H,27,29). The maximum atomic E-state index is 12.6. The van der Waals surface area contributed by atoms with Crippen LogP contribution >= 0.6 is 0 Å². The number of nitro benzene ring substituents is 1. The summed E-state index contributed by atoms with van der Waals surface area (Å²) in [6.45, 7) is 1.97. The molecule has 166 valence electrons. The van der Waals surface area contributed by atoms with Gasteiger partial charge in [0.05, 0.1) is 12.0 Å². The van der Waals surface area contributed by atoms with E-state index in [4.69, 9.17) is 9.47 Å². The molecule has 3 aromatic carbocycles. The first kappa shape index (κ1) is 23.0. The van der Waals surface area contributed by atoms with Crippen molar-refractivity contribution in [2.45, 2.75) is 13.5 Å². The summed E-state index contributed by atoms with van der Waals surface area (Å²) in [5.74, 6) is 0.364. The van der Waals surface area contributed by atoms with Crippen LogP contribution in [0.15, 0.2) is 72.3 Å². The van der Waals surface area contributed by atoms with Crippen LogP contribution in [-0.4, -0.2) is 17.9 Å². The van der Waals surface area contributed by atoms with Gasteiger partial charge < -0.3 is 14.8 Å². The molecule has 33 heavy (non-hydrogen) atoms. The first-order chi connectivity index (χ1) is 15.9. The fraction of sp³-hybridized carbons (Fsp3) is 0.120. The summed E-state index contributed by atoms with van der Waals surface area (Å²) < 4.78 is 11.2. The van der Waals surface area contributed by atoms with Crippen molar-refractivity contribution in [1.82, 2.24) is 0 Å². The second-order valence-electron chi connectivity index (χ2n) is 7.06. The van der Waals surface area contributed by atoms with Crippen LogP contribution in [0, 0.1) is 28.4 Å². The van der Waals surface area contributed by atoms with E-state index >= 15 is 0 Å². The molecule has 0 saturated heterocycles. The van der Waals surface area contributed by atoms with E-state index in [9.17, 15) is 20.2 Å². The van der Waals surface area contributed by atoms with Gasteiger partial charge in [0.1, 0.15) is 18.2 Å². The van der Waals surface area contributed by atoms with E-state index in [1.54, 1.807) is 25.1 Å².